The summed E-state index contributed by atoms with van der Waals surface area (Å²) in [6, 6.07) is 14.3. The molecule has 4 aromatic rings. The Morgan fingerprint density at radius 1 is 1.20 bits per heavy atom. The van der Waals surface area contributed by atoms with E-state index in [-0.39, 0.29) is 11.7 Å². The first-order valence-corrected chi connectivity index (χ1v) is 7.46. The molecular formula is C17H13N5O3. The molecule has 1 N–H and O–H groups in total. The van der Waals surface area contributed by atoms with Crippen LogP contribution in [0.2, 0.25) is 0 Å². The predicted molar refractivity (Wildman–Crippen MR) is 89.9 cm³/mol. The zero-order valence-electron chi connectivity index (χ0n) is 13.2. The lowest BCUT2D eigenvalue weighted by Gasteiger charge is -2.04. The summed E-state index contributed by atoms with van der Waals surface area (Å²) in [7, 11) is 1.56. The Balaban J connectivity index is 1.56. The van der Waals surface area contributed by atoms with Crippen LogP contribution in [0.1, 0.15) is 10.6 Å². The summed E-state index contributed by atoms with van der Waals surface area (Å²) < 4.78 is 12.4. The number of ether oxygens (including phenoxy) is 1. The fourth-order valence-corrected chi connectivity index (χ4v) is 2.48. The van der Waals surface area contributed by atoms with Gasteiger partial charge in [0.15, 0.2) is 17.1 Å². The maximum absolute atomic E-state index is 12.4. The third-order valence-electron chi connectivity index (χ3n) is 3.69. The molecule has 0 radical (unpaired) electrons. The fraction of sp³-hybridized carbons (Fsp3) is 0.0588. The molecule has 25 heavy (non-hydrogen) atoms. The Hall–Kier alpha value is -3.68. The topological polar surface area (TPSA) is 95.1 Å². The minimum atomic E-state index is -0.339. The highest BCUT2D eigenvalue weighted by atomic mass is 16.5. The first-order chi connectivity index (χ1) is 12.2. The van der Waals surface area contributed by atoms with Crippen molar-refractivity contribution >= 4 is 22.6 Å². The van der Waals surface area contributed by atoms with Crippen LogP contribution < -0.4 is 10.1 Å². The second-order valence-corrected chi connectivity index (χ2v) is 5.24. The van der Waals surface area contributed by atoms with E-state index in [0.29, 0.717) is 17.0 Å². The zero-order valence-corrected chi connectivity index (χ0v) is 13.2. The quantitative estimate of drug-likeness (QED) is 0.616. The molecule has 0 unspecified atom stereocenters. The fourth-order valence-electron chi connectivity index (χ4n) is 2.48. The van der Waals surface area contributed by atoms with Gasteiger partial charge >= 0.3 is 0 Å². The van der Waals surface area contributed by atoms with Crippen molar-refractivity contribution in [3.05, 3.63) is 60.6 Å². The van der Waals surface area contributed by atoms with E-state index in [9.17, 15) is 4.79 Å². The molecule has 0 atom stereocenters. The SMILES string of the molecule is COc1cccc2cc(C(=O)Nc3ccc(-n4cnnn4)cc3)oc12. The lowest BCUT2D eigenvalue weighted by molar-refractivity contribution is 0.0998. The van der Waals surface area contributed by atoms with Gasteiger partial charge in [-0.05, 0) is 46.8 Å². The van der Waals surface area contributed by atoms with Crippen LogP contribution in [-0.2, 0) is 0 Å². The number of methoxy groups -OCH3 is 1. The highest BCUT2D eigenvalue weighted by Crippen LogP contribution is 2.28. The number of benzene rings is 2. The molecule has 0 spiro atoms. The number of aromatic nitrogens is 4. The van der Waals surface area contributed by atoms with Crippen LogP contribution in [0.4, 0.5) is 5.69 Å². The molecule has 2 heterocycles. The molecule has 0 bridgehead atoms. The number of nitrogens with zero attached hydrogens (tertiary/aromatic N) is 4. The number of para-hydroxylation sites is 1. The van der Waals surface area contributed by atoms with E-state index in [1.165, 1.54) is 11.0 Å². The van der Waals surface area contributed by atoms with Crippen molar-refractivity contribution in [1.29, 1.82) is 0 Å². The number of tetrazole rings is 1. The van der Waals surface area contributed by atoms with Crippen molar-refractivity contribution in [2.75, 3.05) is 12.4 Å². The zero-order chi connectivity index (χ0) is 17.2. The smallest absolute Gasteiger partial charge is 0.291 e. The van der Waals surface area contributed by atoms with Crippen LogP contribution in [0.3, 0.4) is 0 Å². The summed E-state index contributed by atoms with van der Waals surface area (Å²) in [5.74, 6) is 0.458. The summed E-state index contributed by atoms with van der Waals surface area (Å²) in [5.41, 5.74) is 1.97. The molecule has 1 amide bonds. The molecule has 0 aliphatic heterocycles. The van der Waals surface area contributed by atoms with Gasteiger partial charge in [-0.3, -0.25) is 4.79 Å². The molecule has 0 saturated carbocycles. The van der Waals surface area contributed by atoms with Gasteiger partial charge in [0.1, 0.15) is 6.33 Å². The average molecular weight is 335 g/mol. The van der Waals surface area contributed by atoms with Crippen molar-refractivity contribution in [3.8, 4) is 11.4 Å². The van der Waals surface area contributed by atoms with Gasteiger partial charge in [-0.15, -0.1) is 5.10 Å². The Morgan fingerprint density at radius 3 is 2.76 bits per heavy atom. The largest absolute Gasteiger partial charge is 0.493 e. The normalized spacial score (nSPS) is 10.8. The van der Waals surface area contributed by atoms with Crippen molar-refractivity contribution in [2.24, 2.45) is 0 Å². The number of nitrogens with one attached hydrogen (secondary N) is 1. The van der Waals surface area contributed by atoms with E-state index < -0.39 is 0 Å². The first kappa shape index (κ1) is 14.9. The number of furan rings is 1. The summed E-state index contributed by atoms with van der Waals surface area (Å²) in [4.78, 5) is 12.4. The van der Waals surface area contributed by atoms with Crippen LogP contribution >= 0.6 is 0 Å². The van der Waals surface area contributed by atoms with E-state index in [1.54, 1.807) is 43.5 Å². The Labute approximate surface area is 142 Å². The maximum atomic E-state index is 12.4. The summed E-state index contributed by atoms with van der Waals surface area (Å²) in [6.07, 6.45) is 1.50. The molecule has 0 aliphatic rings. The summed E-state index contributed by atoms with van der Waals surface area (Å²) in [6.45, 7) is 0. The molecule has 0 fully saturated rings. The maximum Gasteiger partial charge on any atom is 0.291 e. The van der Waals surface area contributed by atoms with Crippen LogP contribution in [0.25, 0.3) is 16.7 Å². The van der Waals surface area contributed by atoms with Crippen molar-refractivity contribution < 1.29 is 13.9 Å². The van der Waals surface area contributed by atoms with Gasteiger partial charge < -0.3 is 14.5 Å². The van der Waals surface area contributed by atoms with E-state index in [1.807, 2.05) is 12.1 Å². The van der Waals surface area contributed by atoms with Crippen molar-refractivity contribution in [1.82, 2.24) is 20.2 Å². The lowest BCUT2D eigenvalue weighted by Crippen LogP contribution is -2.10. The van der Waals surface area contributed by atoms with Gasteiger partial charge in [0.25, 0.3) is 5.91 Å². The molecule has 124 valence electrons. The first-order valence-electron chi connectivity index (χ1n) is 7.46. The monoisotopic (exact) mass is 335 g/mol. The van der Waals surface area contributed by atoms with Crippen molar-refractivity contribution in [3.63, 3.8) is 0 Å². The number of hydrogen-bond donors (Lipinski definition) is 1. The van der Waals surface area contributed by atoms with Crippen LogP contribution in [0.5, 0.6) is 5.75 Å². The number of carbonyl (C=O) groups is 1. The van der Waals surface area contributed by atoms with E-state index >= 15 is 0 Å². The van der Waals surface area contributed by atoms with Crippen LogP contribution in [0, 0.1) is 0 Å². The molecule has 2 aromatic carbocycles. The average Bonchev–Trinajstić information content (AvgIpc) is 3.31. The molecule has 8 nitrogen and oxygen atoms in total. The number of hydrogen-bond acceptors (Lipinski definition) is 6. The third-order valence-corrected chi connectivity index (χ3v) is 3.69. The van der Waals surface area contributed by atoms with Gasteiger partial charge in [-0.2, -0.15) is 0 Å². The number of rotatable bonds is 4. The minimum absolute atomic E-state index is 0.212. The van der Waals surface area contributed by atoms with Crippen molar-refractivity contribution in [2.45, 2.75) is 0 Å². The van der Waals surface area contributed by atoms with Gasteiger partial charge in [0, 0.05) is 11.1 Å². The lowest BCUT2D eigenvalue weighted by atomic mass is 10.2. The molecule has 0 saturated heterocycles. The van der Waals surface area contributed by atoms with Gasteiger partial charge in [0.05, 0.1) is 12.8 Å². The molecule has 4 rings (SSSR count). The highest BCUT2D eigenvalue weighted by Gasteiger charge is 2.15. The second kappa shape index (κ2) is 6.08. The molecular weight excluding hydrogens is 322 g/mol. The minimum Gasteiger partial charge on any atom is -0.493 e. The van der Waals surface area contributed by atoms with Gasteiger partial charge in [-0.25, -0.2) is 4.68 Å². The standard InChI is InChI=1S/C17H13N5O3/c1-24-14-4-2-3-11-9-15(25-16(11)14)17(23)19-12-5-7-13(8-6-12)22-10-18-20-21-22/h2-10H,1H3,(H,19,23). The number of carbonyl (C=O) groups excluding carboxylic acids is 1. The highest BCUT2D eigenvalue weighted by molar-refractivity contribution is 6.05. The molecule has 0 aliphatic carbocycles. The van der Waals surface area contributed by atoms with E-state index in [2.05, 4.69) is 20.8 Å². The van der Waals surface area contributed by atoms with E-state index in [0.717, 1.165) is 11.1 Å². The van der Waals surface area contributed by atoms with Crippen LogP contribution in [0.15, 0.2) is 59.3 Å². The second-order valence-electron chi connectivity index (χ2n) is 5.24. The van der Waals surface area contributed by atoms with Gasteiger partial charge in [0.2, 0.25) is 0 Å². The number of amides is 1. The Morgan fingerprint density at radius 2 is 2.04 bits per heavy atom. The summed E-state index contributed by atoms with van der Waals surface area (Å²) in [5, 5.41) is 14.6. The number of fused-ring (bicyclic) bond motifs is 1. The predicted octanol–water partition coefficient (Wildman–Crippen LogP) is 2.67. The molecule has 8 heteroatoms. The third kappa shape index (κ3) is 2.80. The van der Waals surface area contributed by atoms with Crippen LogP contribution in [-0.4, -0.2) is 33.2 Å². The number of anilines is 1. The Kier molecular flexibility index (Phi) is 3.62. The Bertz CT molecular complexity index is 1020. The summed E-state index contributed by atoms with van der Waals surface area (Å²) >= 11 is 0. The van der Waals surface area contributed by atoms with Gasteiger partial charge in [-0.1, -0.05) is 12.1 Å². The molecule has 2 aromatic heterocycles. The van der Waals surface area contributed by atoms with E-state index in [4.69, 9.17) is 9.15 Å².